The molecule has 4 heteroatoms. The van der Waals surface area contributed by atoms with Crippen molar-refractivity contribution in [3.8, 4) is 0 Å². The molecule has 31 heavy (non-hydrogen) atoms. The molecule has 0 N–H and O–H groups in total. The predicted molar refractivity (Wildman–Crippen MR) is 138 cm³/mol. The second-order valence-corrected chi connectivity index (χ2v) is 11.6. The average Bonchev–Trinajstić information content (AvgIpc) is 2.76. The molecule has 188 valence electrons. The molecule has 0 radical (unpaired) electrons. The summed E-state index contributed by atoms with van der Waals surface area (Å²) in [6, 6.07) is 0. The summed E-state index contributed by atoms with van der Waals surface area (Å²) in [6.45, 7) is 7.77. The summed E-state index contributed by atoms with van der Waals surface area (Å²) in [7, 11) is -2.87. The van der Waals surface area contributed by atoms with Crippen molar-refractivity contribution in [2.75, 3.05) is 19.4 Å². The van der Waals surface area contributed by atoms with Crippen LogP contribution in [0.15, 0.2) is 0 Å². The van der Waals surface area contributed by atoms with Crippen molar-refractivity contribution in [1.29, 1.82) is 0 Å². The molecule has 0 unspecified atom stereocenters. The minimum Gasteiger partial charge on any atom is -0.309 e. The number of hydrogen-bond donors (Lipinski definition) is 0. The third-order valence-corrected chi connectivity index (χ3v) is 8.22. The SMILES string of the molecule is CCCCCCCCCCCCOP(=O)(CCC)OCCCCCCCCCCCC. The Morgan fingerprint density at radius 2 is 0.710 bits per heavy atom. The third kappa shape index (κ3) is 23.1. The van der Waals surface area contributed by atoms with Crippen LogP contribution in [0.4, 0.5) is 0 Å². The molecule has 0 saturated carbocycles. The van der Waals surface area contributed by atoms with Crippen LogP contribution in [0.5, 0.6) is 0 Å². The Bertz CT molecular complexity index is 357. The molecule has 0 rings (SSSR count). The highest BCUT2D eigenvalue weighted by Gasteiger charge is 2.22. The van der Waals surface area contributed by atoms with Crippen LogP contribution >= 0.6 is 7.60 Å². The first-order valence-corrected chi connectivity index (χ1v) is 15.8. The summed E-state index contributed by atoms with van der Waals surface area (Å²) in [5.41, 5.74) is 0. The van der Waals surface area contributed by atoms with Gasteiger partial charge < -0.3 is 9.05 Å². The Hall–Kier alpha value is 0.150. The van der Waals surface area contributed by atoms with Crippen molar-refractivity contribution in [3.63, 3.8) is 0 Å². The number of hydrogen-bond acceptors (Lipinski definition) is 3. The Kier molecular flexibility index (Phi) is 24.9. The molecule has 0 bridgehead atoms. The smallest absolute Gasteiger partial charge is 0.309 e. The van der Waals surface area contributed by atoms with Crippen molar-refractivity contribution in [2.24, 2.45) is 0 Å². The van der Waals surface area contributed by atoms with Gasteiger partial charge in [-0.2, -0.15) is 0 Å². The lowest BCUT2D eigenvalue weighted by atomic mass is 10.1. The standard InChI is InChI=1S/C27H57O3P/c1-4-7-9-11-13-15-17-19-21-23-25-29-31(28,27-6-3)30-26-24-22-20-18-16-14-12-10-8-5-2/h4-27H2,1-3H3. The summed E-state index contributed by atoms with van der Waals surface area (Å²) in [5.74, 6) is 0. The van der Waals surface area contributed by atoms with E-state index < -0.39 is 7.60 Å². The van der Waals surface area contributed by atoms with E-state index in [2.05, 4.69) is 20.8 Å². The van der Waals surface area contributed by atoms with Gasteiger partial charge in [0, 0.05) is 6.16 Å². The largest absolute Gasteiger partial charge is 0.330 e. The minimum absolute atomic E-state index is 0.558. The van der Waals surface area contributed by atoms with E-state index in [1.54, 1.807) is 0 Å². The lowest BCUT2D eigenvalue weighted by molar-refractivity contribution is 0.197. The molecule has 3 nitrogen and oxygen atoms in total. The highest BCUT2D eigenvalue weighted by atomic mass is 31.2. The molecule has 0 amide bonds. The van der Waals surface area contributed by atoms with Crippen LogP contribution in [0.3, 0.4) is 0 Å². The molecule has 0 fully saturated rings. The summed E-state index contributed by atoms with van der Waals surface area (Å²) in [6.07, 6.45) is 27.5. The lowest BCUT2D eigenvalue weighted by Crippen LogP contribution is -2.03. The second kappa shape index (κ2) is 24.8. The zero-order chi connectivity index (χ0) is 22.9. The van der Waals surface area contributed by atoms with Crippen molar-refractivity contribution in [2.45, 2.75) is 156 Å². The Balaban J connectivity index is 3.59. The van der Waals surface area contributed by atoms with Crippen LogP contribution in [0, 0.1) is 0 Å². The topological polar surface area (TPSA) is 35.5 Å². The molecule has 0 aromatic heterocycles. The van der Waals surface area contributed by atoms with Gasteiger partial charge in [0.05, 0.1) is 13.2 Å². The van der Waals surface area contributed by atoms with Crippen molar-refractivity contribution in [3.05, 3.63) is 0 Å². The Morgan fingerprint density at radius 3 is 1.00 bits per heavy atom. The summed E-state index contributed by atoms with van der Waals surface area (Å²) in [4.78, 5) is 0. The quantitative estimate of drug-likeness (QED) is 0.0951. The maximum absolute atomic E-state index is 12.9. The third-order valence-electron chi connectivity index (χ3n) is 6.07. The van der Waals surface area contributed by atoms with E-state index in [1.165, 1.54) is 116 Å². The van der Waals surface area contributed by atoms with Gasteiger partial charge in [-0.05, 0) is 19.3 Å². The van der Waals surface area contributed by atoms with E-state index in [1.807, 2.05) is 0 Å². The zero-order valence-corrected chi connectivity index (χ0v) is 22.5. The highest BCUT2D eigenvalue weighted by molar-refractivity contribution is 7.53. The Morgan fingerprint density at radius 1 is 0.419 bits per heavy atom. The van der Waals surface area contributed by atoms with Gasteiger partial charge in [0.25, 0.3) is 0 Å². The van der Waals surface area contributed by atoms with Crippen LogP contribution < -0.4 is 0 Å². The fourth-order valence-corrected chi connectivity index (χ4v) is 5.72. The second-order valence-electron chi connectivity index (χ2n) is 9.36. The van der Waals surface area contributed by atoms with Gasteiger partial charge in [-0.1, -0.05) is 136 Å². The van der Waals surface area contributed by atoms with E-state index in [-0.39, 0.29) is 0 Å². The van der Waals surface area contributed by atoms with Gasteiger partial charge in [-0.25, -0.2) is 0 Å². The van der Waals surface area contributed by atoms with E-state index in [0.29, 0.717) is 19.4 Å². The highest BCUT2D eigenvalue weighted by Crippen LogP contribution is 2.49. The minimum atomic E-state index is -2.87. The van der Waals surface area contributed by atoms with Crippen LogP contribution in [0.2, 0.25) is 0 Å². The van der Waals surface area contributed by atoms with Crippen LogP contribution in [0.25, 0.3) is 0 Å². The van der Waals surface area contributed by atoms with E-state index in [9.17, 15) is 4.57 Å². The fourth-order valence-electron chi connectivity index (χ4n) is 4.03. The van der Waals surface area contributed by atoms with Gasteiger partial charge in [0.1, 0.15) is 0 Å². The molecular formula is C27H57O3P. The van der Waals surface area contributed by atoms with E-state index in [4.69, 9.17) is 9.05 Å². The first-order chi connectivity index (χ1) is 15.2. The zero-order valence-electron chi connectivity index (χ0n) is 21.6. The van der Waals surface area contributed by atoms with Crippen molar-refractivity contribution >= 4 is 7.60 Å². The molecule has 0 aliphatic heterocycles. The maximum Gasteiger partial charge on any atom is 0.330 e. The number of unbranched alkanes of at least 4 members (excludes halogenated alkanes) is 18. The van der Waals surface area contributed by atoms with Crippen molar-refractivity contribution < 1.29 is 13.6 Å². The molecule has 0 heterocycles. The van der Waals surface area contributed by atoms with Gasteiger partial charge in [0.15, 0.2) is 0 Å². The molecule has 0 aromatic carbocycles. The monoisotopic (exact) mass is 460 g/mol. The Labute approximate surface area is 196 Å². The number of rotatable bonds is 26. The molecule has 0 atom stereocenters. The van der Waals surface area contributed by atoms with Crippen LogP contribution in [-0.2, 0) is 13.6 Å². The van der Waals surface area contributed by atoms with Gasteiger partial charge in [-0.15, -0.1) is 0 Å². The lowest BCUT2D eigenvalue weighted by Gasteiger charge is -2.18. The molecule has 0 saturated heterocycles. The molecule has 0 aromatic rings. The maximum atomic E-state index is 12.9. The molecular weight excluding hydrogens is 403 g/mol. The fraction of sp³-hybridized carbons (Fsp3) is 1.00. The van der Waals surface area contributed by atoms with Gasteiger partial charge >= 0.3 is 7.60 Å². The molecule has 0 aliphatic rings. The van der Waals surface area contributed by atoms with Gasteiger partial charge in [0.2, 0.25) is 0 Å². The van der Waals surface area contributed by atoms with Crippen LogP contribution in [0.1, 0.15) is 156 Å². The predicted octanol–water partition coefficient (Wildman–Crippen LogP) is 10.5. The van der Waals surface area contributed by atoms with Crippen molar-refractivity contribution in [1.82, 2.24) is 0 Å². The first kappa shape index (κ1) is 31.1. The molecule has 0 spiro atoms. The van der Waals surface area contributed by atoms with Crippen LogP contribution in [-0.4, -0.2) is 19.4 Å². The van der Waals surface area contributed by atoms with Gasteiger partial charge in [-0.3, -0.25) is 4.57 Å². The summed E-state index contributed by atoms with van der Waals surface area (Å²) < 4.78 is 24.4. The molecule has 0 aliphatic carbocycles. The van der Waals surface area contributed by atoms with E-state index in [0.717, 1.165) is 19.3 Å². The first-order valence-electron chi connectivity index (χ1n) is 14.1. The normalized spacial score (nSPS) is 12.0. The van der Waals surface area contributed by atoms with E-state index >= 15 is 0 Å². The average molecular weight is 461 g/mol. The summed E-state index contributed by atoms with van der Waals surface area (Å²) in [5, 5.41) is 0. The summed E-state index contributed by atoms with van der Waals surface area (Å²) >= 11 is 0.